The maximum Gasteiger partial charge on any atom is 0.175 e. The van der Waals surface area contributed by atoms with Crippen molar-refractivity contribution in [1.82, 2.24) is 20.2 Å². The minimum Gasteiger partial charge on any atom is -0.229 e. The Morgan fingerprint density at radius 1 is 0.958 bits per heavy atom. The molecule has 0 unspecified atom stereocenters. The molecule has 3 rings (SSSR count). The summed E-state index contributed by atoms with van der Waals surface area (Å²) in [5, 5.41) is 11.4. The van der Waals surface area contributed by atoms with Crippen LogP contribution in [0.1, 0.15) is 28.1 Å². The van der Waals surface area contributed by atoms with Gasteiger partial charge in [0.05, 0.1) is 0 Å². The lowest BCUT2D eigenvalue weighted by molar-refractivity contribution is 0.626. The Hall–Kier alpha value is -2.89. The van der Waals surface area contributed by atoms with Gasteiger partial charge in [-0.05, 0) is 82.4 Å². The zero-order valence-electron chi connectivity index (χ0n) is 13.6. The predicted octanol–water partition coefficient (Wildman–Crippen LogP) is 3.69. The highest BCUT2D eigenvalue weighted by Gasteiger charge is 2.13. The molecule has 0 saturated heterocycles. The van der Waals surface area contributed by atoms with Crippen molar-refractivity contribution in [2.24, 2.45) is 7.05 Å². The maximum absolute atomic E-state index is 13.5. The van der Waals surface area contributed by atoms with Crippen LogP contribution in [0.3, 0.4) is 0 Å². The summed E-state index contributed by atoms with van der Waals surface area (Å²) in [7, 11) is 1.73. The Labute approximate surface area is 138 Å². The molecule has 0 N–H and O–H groups in total. The lowest BCUT2D eigenvalue weighted by Crippen LogP contribution is -1.99. The van der Waals surface area contributed by atoms with Crippen LogP contribution in [0.25, 0.3) is 11.6 Å². The molecule has 0 aliphatic rings. The number of nitrogens with zero attached hydrogens (tertiary/aromatic N) is 4. The number of benzene rings is 2. The predicted molar refractivity (Wildman–Crippen MR) is 88.0 cm³/mol. The van der Waals surface area contributed by atoms with Crippen LogP contribution in [0.4, 0.5) is 8.78 Å². The van der Waals surface area contributed by atoms with Crippen molar-refractivity contribution in [3.05, 3.63) is 76.1 Å². The van der Waals surface area contributed by atoms with Gasteiger partial charge >= 0.3 is 0 Å². The summed E-state index contributed by atoms with van der Waals surface area (Å²) >= 11 is 0. The third-order valence-corrected chi connectivity index (χ3v) is 3.88. The van der Waals surface area contributed by atoms with Crippen LogP contribution in [0.2, 0.25) is 0 Å². The van der Waals surface area contributed by atoms with Crippen LogP contribution >= 0.6 is 0 Å². The molecule has 0 saturated carbocycles. The van der Waals surface area contributed by atoms with Crippen molar-refractivity contribution in [2.75, 3.05) is 0 Å². The van der Waals surface area contributed by atoms with Crippen LogP contribution in [-0.4, -0.2) is 20.2 Å². The molecule has 2 aromatic carbocycles. The van der Waals surface area contributed by atoms with Gasteiger partial charge in [-0.2, -0.15) is 0 Å². The molecule has 6 heteroatoms. The zero-order chi connectivity index (χ0) is 17.3. The molecule has 0 aliphatic heterocycles. The molecule has 24 heavy (non-hydrogen) atoms. The summed E-state index contributed by atoms with van der Waals surface area (Å²) in [5.74, 6) is -0.0454. The Kier molecular flexibility index (Phi) is 4.20. The quantitative estimate of drug-likeness (QED) is 0.737. The third-order valence-electron chi connectivity index (χ3n) is 3.88. The average molecular weight is 326 g/mol. The number of aromatic nitrogens is 4. The molecule has 0 amide bonds. The van der Waals surface area contributed by atoms with Gasteiger partial charge in [0.25, 0.3) is 0 Å². The molecule has 4 nitrogen and oxygen atoms in total. The highest BCUT2D eigenvalue weighted by atomic mass is 19.1. The SMILES string of the molecule is Cc1cc(F)ccc1C(=Cc1nnnn1C)c1ccc(F)cc1C. The van der Waals surface area contributed by atoms with E-state index in [1.165, 1.54) is 28.9 Å². The number of hydrogen-bond donors (Lipinski definition) is 0. The molecular weight excluding hydrogens is 310 g/mol. The minimum absolute atomic E-state index is 0.299. The van der Waals surface area contributed by atoms with E-state index in [0.717, 1.165) is 27.8 Å². The van der Waals surface area contributed by atoms with E-state index in [2.05, 4.69) is 15.5 Å². The Bertz CT molecular complexity index is 875. The first-order valence-electron chi connectivity index (χ1n) is 7.43. The fraction of sp³-hybridized carbons (Fsp3) is 0.167. The Balaban J connectivity index is 2.25. The number of aryl methyl sites for hydroxylation is 3. The molecule has 1 aromatic heterocycles. The van der Waals surface area contributed by atoms with Gasteiger partial charge < -0.3 is 0 Å². The number of tetrazole rings is 1. The summed E-state index contributed by atoms with van der Waals surface area (Å²) in [6.45, 7) is 3.67. The van der Waals surface area contributed by atoms with Crippen LogP contribution in [-0.2, 0) is 7.05 Å². The first-order valence-corrected chi connectivity index (χ1v) is 7.43. The van der Waals surface area contributed by atoms with E-state index < -0.39 is 0 Å². The van der Waals surface area contributed by atoms with Crippen LogP contribution in [0, 0.1) is 25.5 Å². The highest BCUT2D eigenvalue weighted by Crippen LogP contribution is 2.30. The molecule has 0 bridgehead atoms. The highest BCUT2D eigenvalue weighted by molar-refractivity contribution is 5.92. The maximum atomic E-state index is 13.5. The first-order chi connectivity index (χ1) is 11.5. The van der Waals surface area contributed by atoms with Gasteiger partial charge in [0.15, 0.2) is 5.82 Å². The van der Waals surface area contributed by atoms with Gasteiger partial charge in [0.2, 0.25) is 0 Å². The molecule has 1 heterocycles. The monoisotopic (exact) mass is 326 g/mol. The van der Waals surface area contributed by atoms with Crippen LogP contribution in [0.5, 0.6) is 0 Å². The summed E-state index contributed by atoms with van der Waals surface area (Å²) in [6, 6.07) is 9.17. The summed E-state index contributed by atoms with van der Waals surface area (Å²) < 4.78 is 28.5. The van der Waals surface area contributed by atoms with E-state index in [0.29, 0.717) is 5.82 Å². The molecule has 0 spiro atoms. The second-order valence-electron chi connectivity index (χ2n) is 5.64. The fourth-order valence-electron chi connectivity index (χ4n) is 2.65. The van der Waals surface area contributed by atoms with Crippen molar-refractivity contribution in [1.29, 1.82) is 0 Å². The first kappa shape index (κ1) is 16.0. The van der Waals surface area contributed by atoms with Crippen LogP contribution < -0.4 is 0 Å². The van der Waals surface area contributed by atoms with E-state index in [-0.39, 0.29) is 11.6 Å². The van der Waals surface area contributed by atoms with E-state index in [1.54, 1.807) is 19.2 Å². The zero-order valence-corrected chi connectivity index (χ0v) is 13.6. The van der Waals surface area contributed by atoms with E-state index >= 15 is 0 Å². The van der Waals surface area contributed by atoms with Gasteiger partial charge in [-0.25, -0.2) is 13.5 Å². The molecule has 0 fully saturated rings. The van der Waals surface area contributed by atoms with Gasteiger partial charge in [-0.15, -0.1) is 5.10 Å². The number of rotatable bonds is 3. The van der Waals surface area contributed by atoms with Crippen molar-refractivity contribution in [3.63, 3.8) is 0 Å². The molecular formula is C18H16F2N4. The van der Waals surface area contributed by atoms with Gasteiger partial charge in [-0.3, -0.25) is 0 Å². The average Bonchev–Trinajstić information content (AvgIpc) is 2.91. The summed E-state index contributed by atoms with van der Waals surface area (Å²) in [6.07, 6.45) is 1.82. The largest absolute Gasteiger partial charge is 0.229 e. The normalized spacial score (nSPS) is 10.7. The van der Waals surface area contributed by atoms with E-state index in [4.69, 9.17) is 0 Å². The van der Waals surface area contributed by atoms with Crippen molar-refractivity contribution >= 4 is 11.6 Å². The summed E-state index contributed by atoms with van der Waals surface area (Å²) in [4.78, 5) is 0. The second kappa shape index (κ2) is 6.31. The number of halogens is 2. The smallest absolute Gasteiger partial charge is 0.175 e. The standard InChI is InChI=1S/C18H16F2N4/c1-11-8-13(19)4-6-15(11)17(10-18-21-22-23-24(18)3)16-7-5-14(20)9-12(16)2/h4-10H,1-3H3. The van der Waals surface area contributed by atoms with E-state index in [1.807, 2.05) is 19.9 Å². The fourth-order valence-corrected chi connectivity index (χ4v) is 2.65. The topological polar surface area (TPSA) is 43.6 Å². The van der Waals surface area contributed by atoms with Crippen molar-refractivity contribution in [3.8, 4) is 0 Å². The summed E-state index contributed by atoms with van der Waals surface area (Å²) in [5.41, 5.74) is 4.05. The lowest BCUT2D eigenvalue weighted by Gasteiger charge is -2.14. The molecule has 3 aromatic rings. The van der Waals surface area contributed by atoms with Gasteiger partial charge in [-0.1, -0.05) is 12.1 Å². The minimum atomic E-state index is -0.299. The van der Waals surface area contributed by atoms with Gasteiger partial charge in [0, 0.05) is 7.05 Å². The molecule has 122 valence electrons. The third kappa shape index (κ3) is 3.08. The van der Waals surface area contributed by atoms with Crippen molar-refractivity contribution in [2.45, 2.75) is 13.8 Å². The van der Waals surface area contributed by atoms with Crippen LogP contribution in [0.15, 0.2) is 36.4 Å². The lowest BCUT2D eigenvalue weighted by atomic mass is 9.91. The van der Waals surface area contributed by atoms with Gasteiger partial charge in [0.1, 0.15) is 11.6 Å². The van der Waals surface area contributed by atoms with E-state index in [9.17, 15) is 8.78 Å². The molecule has 0 aliphatic carbocycles. The Morgan fingerprint density at radius 3 is 1.92 bits per heavy atom. The number of hydrogen-bond acceptors (Lipinski definition) is 3. The second-order valence-corrected chi connectivity index (χ2v) is 5.64. The molecule has 0 atom stereocenters. The molecule has 0 radical (unpaired) electrons. The Morgan fingerprint density at radius 2 is 1.50 bits per heavy atom. The van der Waals surface area contributed by atoms with Crippen molar-refractivity contribution < 1.29 is 8.78 Å².